The second-order valence-electron chi connectivity index (χ2n) is 7.69. The molecule has 30 heavy (non-hydrogen) atoms. The van der Waals surface area contributed by atoms with E-state index in [-0.39, 0.29) is 23.6 Å². The van der Waals surface area contributed by atoms with Gasteiger partial charge in [-0.3, -0.25) is 9.59 Å². The van der Waals surface area contributed by atoms with E-state index < -0.39 is 0 Å². The molecule has 0 bridgehead atoms. The Kier molecular flexibility index (Phi) is 5.90. The lowest BCUT2D eigenvalue weighted by molar-refractivity contribution is -0.149. The molecule has 158 valence electrons. The van der Waals surface area contributed by atoms with Gasteiger partial charge >= 0.3 is 5.97 Å². The first kappa shape index (κ1) is 20.6. The van der Waals surface area contributed by atoms with Crippen molar-refractivity contribution in [1.29, 1.82) is 0 Å². The highest BCUT2D eigenvalue weighted by Gasteiger charge is 2.31. The first-order chi connectivity index (χ1) is 14.5. The molecule has 1 aliphatic rings. The minimum Gasteiger partial charge on any atom is -0.466 e. The Morgan fingerprint density at radius 3 is 2.87 bits per heavy atom. The van der Waals surface area contributed by atoms with E-state index in [4.69, 9.17) is 4.74 Å². The number of benzene rings is 1. The van der Waals surface area contributed by atoms with Gasteiger partial charge in [0.05, 0.1) is 22.7 Å². The van der Waals surface area contributed by atoms with Gasteiger partial charge < -0.3 is 14.2 Å². The molecule has 3 heterocycles. The predicted octanol–water partition coefficient (Wildman–Crippen LogP) is 4.61. The van der Waals surface area contributed by atoms with Crippen molar-refractivity contribution in [2.24, 2.45) is 5.92 Å². The number of esters is 1. The largest absolute Gasteiger partial charge is 0.466 e. The fourth-order valence-electron chi connectivity index (χ4n) is 4.11. The number of carbonyl (C=O) groups excluding carboxylic acids is 2. The number of likely N-dealkylation sites (tertiary alicyclic amines) is 1. The monoisotopic (exact) mass is 428 g/mol. The van der Waals surface area contributed by atoms with Crippen molar-refractivity contribution in [3.05, 3.63) is 58.3 Å². The van der Waals surface area contributed by atoms with E-state index in [1.807, 2.05) is 23.6 Å². The molecule has 0 N–H and O–H groups in total. The molecule has 0 radical (unpaired) electrons. The van der Waals surface area contributed by atoms with Crippen molar-refractivity contribution in [2.75, 3.05) is 19.7 Å². The number of hydrogen-bond acceptors (Lipinski definition) is 4. The molecule has 2 aromatic heterocycles. The number of carbonyl (C=O) groups is 2. The average molecular weight is 429 g/mol. The number of amides is 1. The molecule has 1 fully saturated rings. The lowest BCUT2D eigenvalue weighted by atomic mass is 9.98. The molecule has 0 saturated carbocycles. The van der Waals surface area contributed by atoms with E-state index in [1.54, 1.807) is 29.2 Å². The van der Waals surface area contributed by atoms with Crippen LogP contribution in [0.5, 0.6) is 0 Å². The van der Waals surface area contributed by atoms with E-state index in [1.165, 1.54) is 12.1 Å². The van der Waals surface area contributed by atoms with Crippen LogP contribution in [0.1, 0.15) is 40.7 Å². The number of fused-ring (bicyclic) bond motifs is 1. The van der Waals surface area contributed by atoms with Crippen molar-refractivity contribution < 1.29 is 18.7 Å². The maximum atomic E-state index is 13.7. The van der Waals surface area contributed by atoms with Crippen LogP contribution in [-0.4, -0.2) is 41.0 Å². The molecular formula is C23H25FN2O3S. The van der Waals surface area contributed by atoms with Crippen LogP contribution in [0.2, 0.25) is 0 Å². The molecule has 0 aliphatic carbocycles. The normalized spacial score (nSPS) is 16.8. The van der Waals surface area contributed by atoms with Crippen LogP contribution >= 0.6 is 11.3 Å². The van der Waals surface area contributed by atoms with Crippen LogP contribution in [0.25, 0.3) is 10.2 Å². The summed E-state index contributed by atoms with van der Waals surface area (Å²) in [7, 11) is 0. The van der Waals surface area contributed by atoms with Crippen molar-refractivity contribution in [3.63, 3.8) is 0 Å². The highest BCUT2D eigenvalue weighted by atomic mass is 32.1. The van der Waals surface area contributed by atoms with Crippen molar-refractivity contribution in [1.82, 2.24) is 9.47 Å². The summed E-state index contributed by atoms with van der Waals surface area (Å²) in [5, 5.41) is 0. The van der Waals surface area contributed by atoms with E-state index in [2.05, 4.69) is 6.07 Å². The van der Waals surface area contributed by atoms with Crippen LogP contribution < -0.4 is 0 Å². The number of piperidine rings is 1. The molecule has 1 aliphatic heterocycles. The third-order valence-electron chi connectivity index (χ3n) is 5.49. The second-order valence-corrected chi connectivity index (χ2v) is 8.98. The zero-order chi connectivity index (χ0) is 21.3. The number of hydrogen-bond donors (Lipinski definition) is 0. The zero-order valence-electron chi connectivity index (χ0n) is 17.2. The third-order valence-corrected chi connectivity index (χ3v) is 6.48. The van der Waals surface area contributed by atoms with Crippen LogP contribution in [0, 0.1) is 18.7 Å². The number of nitrogens with zero attached hydrogens (tertiary/aromatic N) is 2. The van der Waals surface area contributed by atoms with Gasteiger partial charge in [-0.1, -0.05) is 12.1 Å². The minimum atomic E-state index is -0.293. The maximum Gasteiger partial charge on any atom is 0.310 e. The van der Waals surface area contributed by atoms with Gasteiger partial charge in [-0.25, -0.2) is 4.39 Å². The fraction of sp³-hybridized carbons (Fsp3) is 0.391. The molecule has 1 unspecified atom stereocenters. The van der Waals surface area contributed by atoms with E-state index in [0.717, 1.165) is 33.5 Å². The topological polar surface area (TPSA) is 51.5 Å². The molecule has 3 aromatic rings. The number of aryl methyl sites for hydroxylation is 1. The Morgan fingerprint density at radius 1 is 1.27 bits per heavy atom. The van der Waals surface area contributed by atoms with Crippen LogP contribution in [0.3, 0.4) is 0 Å². The maximum absolute atomic E-state index is 13.7. The zero-order valence-corrected chi connectivity index (χ0v) is 18.0. The summed E-state index contributed by atoms with van der Waals surface area (Å²) >= 11 is 1.64. The van der Waals surface area contributed by atoms with Gasteiger partial charge in [-0.05, 0) is 56.5 Å². The molecule has 7 heteroatoms. The average Bonchev–Trinajstić information content (AvgIpc) is 3.25. The molecule has 0 spiro atoms. The van der Waals surface area contributed by atoms with Crippen LogP contribution in [0.15, 0.2) is 36.4 Å². The number of thiophene rings is 1. The molecule has 1 saturated heterocycles. The third kappa shape index (κ3) is 4.12. The first-order valence-corrected chi connectivity index (χ1v) is 11.1. The summed E-state index contributed by atoms with van der Waals surface area (Å²) in [5.74, 6) is -0.903. The van der Waals surface area contributed by atoms with E-state index in [0.29, 0.717) is 31.9 Å². The van der Waals surface area contributed by atoms with Crippen LogP contribution in [-0.2, 0) is 16.1 Å². The van der Waals surface area contributed by atoms with Gasteiger partial charge in [0.1, 0.15) is 11.5 Å². The number of ether oxygens (including phenoxy) is 1. The molecule has 1 atom stereocenters. The second kappa shape index (κ2) is 8.60. The Balaban J connectivity index is 1.65. The van der Waals surface area contributed by atoms with Gasteiger partial charge in [0.2, 0.25) is 0 Å². The molecule has 1 amide bonds. The Bertz CT molecular complexity index is 1090. The lowest BCUT2D eigenvalue weighted by Gasteiger charge is -2.31. The summed E-state index contributed by atoms with van der Waals surface area (Å²) in [6.45, 7) is 5.57. The summed E-state index contributed by atoms with van der Waals surface area (Å²) < 4.78 is 21.9. The molecule has 5 nitrogen and oxygen atoms in total. The summed E-state index contributed by atoms with van der Waals surface area (Å²) in [5.41, 5.74) is 2.35. The Labute approximate surface area is 179 Å². The van der Waals surface area contributed by atoms with E-state index >= 15 is 0 Å². The van der Waals surface area contributed by atoms with Gasteiger partial charge in [0, 0.05) is 24.5 Å². The minimum absolute atomic E-state index is 0.0959. The lowest BCUT2D eigenvalue weighted by Crippen LogP contribution is -2.43. The predicted molar refractivity (Wildman–Crippen MR) is 115 cm³/mol. The van der Waals surface area contributed by atoms with Gasteiger partial charge in [-0.15, -0.1) is 11.3 Å². The summed E-state index contributed by atoms with van der Waals surface area (Å²) in [6, 6.07) is 10.4. The molecule has 1 aromatic carbocycles. The summed E-state index contributed by atoms with van der Waals surface area (Å²) in [6.07, 6.45) is 1.51. The molecule has 4 rings (SSSR count). The Morgan fingerprint density at radius 2 is 2.10 bits per heavy atom. The van der Waals surface area contributed by atoms with E-state index in [9.17, 15) is 14.0 Å². The summed E-state index contributed by atoms with van der Waals surface area (Å²) in [4.78, 5) is 28.5. The first-order valence-electron chi connectivity index (χ1n) is 10.3. The standard InChI is InChI=1S/C23H25FN2O3S/c1-3-29-23(28)17-7-5-9-25(14-17)22(27)20-12-21-19(10-15(2)30-21)26(20)13-16-6-4-8-18(24)11-16/h4,6,8,10-12,17H,3,5,7,9,13-14H2,1-2H3. The van der Waals surface area contributed by atoms with Crippen molar-refractivity contribution >= 4 is 33.4 Å². The highest BCUT2D eigenvalue weighted by Crippen LogP contribution is 2.31. The number of rotatable bonds is 5. The van der Waals surface area contributed by atoms with Gasteiger partial charge in [0.15, 0.2) is 0 Å². The Hall–Kier alpha value is -2.67. The molecular weight excluding hydrogens is 403 g/mol. The van der Waals surface area contributed by atoms with Gasteiger partial charge in [-0.2, -0.15) is 0 Å². The quantitative estimate of drug-likeness (QED) is 0.558. The number of aromatic nitrogens is 1. The highest BCUT2D eigenvalue weighted by molar-refractivity contribution is 7.19. The van der Waals surface area contributed by atoms with Crippen LogP contribution in [0.4, 0.5) is 4.39 Å². The smallest absolute Gasteiger partial charge is 0.310 e. The number of halogens is 1. The van der Waals surface area contributed by atoms with Gasteiger partial charge in [0.25, 0.3) is 5.91 Å². The fourth-order valence-corrected chi connectivity index (χ4v) is 5.07. The van der Waals surface area contributed by atoms with Crippen molar-refractivity contribution in [2.45, 2.75) is 33.2 Å². The van der Waals surface area contributed by atoms with Crippen molar-refractivity contribution in [3.8, 4) is 0 Å². The SMILES string of the molecule is CCOC(=O)C1CCCN(C(=O)c2cc3sc(C)cc3n2Cc2cccc(F)c2)C1.